The molecule has 0 spiro atoms. The number of hydrogen-bond acceptors (Lipinski definition) is 2. The minimum atomic E-state index is -0.487. The molecule has 108 valence electrons. The van der Waals surface area contributed by atoms with Crippen LogP contribution in [0.3, 0.4) is 0 Å². The predicted octanol–water partition coefficient (Wildman–Crippen LogP) is 2.94. The lowest BCUT2D eigenvalue weighted by Gasteiger charge is -2.09. The largest absolute Gasteiger partial charge is 0.366 e. The smallest absolute Gasteiger partial charge is 0.272 e. The van der Waals surface area contributed by atoms with Crippen molar-refractivity contribution in [1.29, 1.82) is 0 Å². The van der Waals surface area contributed by atoms with E-state index in [2.05, 4.69) is 21.2 Å². The van der Waals surface area contributed by atoms with Gasteiger partial charge in [0.15, 0.2) is 0 Å². The van der Waals surface area contributed by atoms with E-state index in [1.165, 1.54) is 0 Å². The topological polar surface area (TPSA) is 77.1 Å². The standard InChI is InChI=1S/C15H14BrN3O2/c16-10-7-13(19(8-10)12-5-6-12)15(21)18-11-3-1-9(2-4-11)14(17)20/h1-4,7-8,12H,5-6H2,(H2,17,20)(H,18,21). The Morgan fingerprint density at radius 1 is 1.24 bits per heavy atom. The molecule has 21 heavy (non-hydrogen) atoms. The molecule has 0 unspecified atom stereocenters. The number of carbonyl (C=O) groups excluding carboxylic acids is 2. The zero-order valence-corrected chi connectivity index (χ0v) is 12.8. The molecule has 1 aromatic carbocycles. The average molecular weight is 348 g/mol. The Kier molecular flexibility index (Phi) is 3.55. The van der Waals surface area contributed by atoms with Crippen molar-refractivity contribution in [3.8, 4) is 0 Å². The Bertz CT molecular complexity index is 702. The summed E-state index contributed by atoms with van der Waals surface area (Å²) in [4.78, 5) is 23.4. The van der Waals surface area contributed by atoms with Crippen LogP contribution in [-0.2, 0) is 0 Å². The summed E-state index contributed by atoms with van der Waals surface area (Å²) >= 11 is 3.41. The lowest BCUT2D eigenvalue weighted by Crippen LogP contribution is -2.16. The lowest BCUT2D eigenvalue weighted by molar-refractivity contribution is 0.0997. The van der Waals surface area contributed by atoms with Crippen molar-refractivity contribution in [2.24, 2.45) is 5.73 Å². The number of nitrogens with one attached hydrogen (secondary N) is 1. The van der Waals surface area contributed by atoms with Crippen molar-refractivity contribution in [1.82, 2.24) is 4.57 Å². The molecule has 1 heterocycles. The van der Waals surface area contributed by atoms with E-state index in [1.54, 1.807) is 24.3 Å². The third-order valence-corrected chi connectivity index (χ3v) is 3.85. The van der Waals surface area contributed by atoms with Crippen LogP contribution in [0.25, 0.3) is 0 Å². The van der Waals surface area contributed by atoms with Gasteiger partial charge in [-0.15, -0.1) is 0 Å². The molecule has 1 aliphatic carbocycles. The Morgan fingerprint density at radius 3 is 2.48 bits per heavy atom. The molecular weight excluding hydrogens is 334 g/mol. The van der Waals surface area contributed by atoms with Crippen LogP contribution in [0.1, 0.15) is 39.7 Å². The van der Waals surface area contributed by atoms with E-state index in [4.69, 9.17) is 5.73 Å². The van der Waals surface area contributed by atoms with Crippen LogP contribution < -0.4 is 11.1 Å². The van der Waals surface area contributed by atoms with Gasteiger partial charge in [0.1, 0.15) is 5.69 Å². The van der Waals surface area contributed by atoms with Crippen molar-refractivity contribution < 1.29 is 9.59 Å². The van der Waals surface area contributed by atoms with E-state index in [0.717, 1.165) is 17.3 Å². The van der Waals surface area contributed by atoms with Crippen LogP contribution in [-0.4, -0.2) is 16.4 Å². The second-order valence-corrected chi connectivity index (χ2v) is 5.99. The summed E-state index contributed by atoms with van der Waals surface area (Å²) in [6, 6.07) is 8.75. The van der Waals surface area contributed by atoms with Crippen LogP contribution in [0.2, 0.25) is 0 Å². The van der Waals surface area contributed by atoms with Gasteiger partial charge in [-0.2, -0.15) is 0 Å². The fraction of sp³-hybridized carbons (Fsp3) is 0.200. The zero-order chi connectivity index (χ0) is 15.0. The molecular formula is C15H14BrN3O2. The first-order valence-electron chi connectivity index (χ1n) is 6.63. The maximum atomic E-state index is 12.4. The molecule has 2 aromatic rings. The maximum absolute atomic E-state index is 12.4. The number of aromatic nitrogens is 1. The SMILES string of the molecule is NC(=O)c1ccc(NC(=O)c2cc(Br)cn2C2CC2)cc1. The van der Waals surface area contributed by atoms with E-state index < -0.39 is 5.91 Å². The minimum absolute atomic E-state index is 0.167. The van der Waals surface area contributed by atoms with Crippen molar-refractivity contribution in [3.63, 3.8) is 0 Å². The molecule has 6 heteroatoms. The van der Waals surface area contributed by atoms with Crippen molar-refractivity contribution in [2.75, 3.05) is 5.32 Å². The number of nitrogens with zero attached hydrogens (tertiary/aromatic N) is 1. The summed E-state index contributed by atoms with van der Waals surface area (Å²) in [5.74, 6) is -0.654. The quantitative estimate of drug-likeness (QED) is 0.891. The lowest BCUT2D eigenvalue weighted by atomic mass is 10.2. The van der Waals surface area contributed by atoms with Gasteiger partial charge in [0.05, 0.1) is 0 Å². The molecule has 0 radical (unpaired) electrons. The first-order valence-corrected chi connectivity index (χ1v) is 7.42. The molecule has 0 atom stereocenters. The number of benzene rings is 1. The first kappa shape index (κ1) is 13.9. The van der Waals surface area contributed by atoms with Crippen LogP contribution >= 0.6 is 15.9 Å². The van der Waals surface area contributed by atoms with E-state index in [0.29, 0.717) is 23.0 Å². The Balaban J connectivity index is 1.78. The monoisotopic (exact) mass is 347 g/mol. The van der Waals surface area contributed by atoms with E-state index in [9.17, 15) is 9.59 Å². The third kappa shape index (κ3) is 3.00. The molecule has 0 bridgehead atoms. The fourth-order valence-corrected chi connectivity index (χ4v) is 2.63. The average Bonchev–Trinajstić information content (AvgIpc) is 3.22. The second-order valence-electron chi connectivity index (χ2n) is 5.08. The number of amides is 2. The molecule has 5 nitrogen and oxygen atoms in total. The molecule has 0 aliphatic heterocycles. The van der Waals surface area contributed by atoms with Gasteiger partial charge in [0, 0.05) is 28.0 Å². The Morgan fingerprint density at radius 2 is 1.90 bits per heavy atom. The molecule has 1 aliphatic rings. The molecule has 1 fully saturated rings. The maximum Gasteiger partial charge on any atom is 0.272 e. The highest BCUT2D eigenvalue weighted by atomic mass is 79.9. The number of rotatable bonds is 4. The van der Waals surface area contributed by atoms with Crippen LogP contribution in [0.15, 0.2) is 41.0 Å². The number of anilines is 1. The Hall–Kier alpha value is -2.08. The molecule has 2 amide bonds. The van der Waals surface area contributed by atoms with Gasteiger partial charge in [-0.25, -0.2) is 0 Å². The summed E-state index contributed by atoms with van der Waals surface area (Å²) in [5.41, 5.74) is 6.86. The van der Waals surface area contributed by atoms with Crippen molar-refractivity contribution in [2.45, 2.75) is 18.9 Å². The van der Waals surface area contributed by atoms with Crippen molar-refractivity contribution >= 4 is 33.4 Å². The predicted molar refractivity (Wildman–Crippen MR) is 83.3 cm³/mol. The Labute approximate surface area is 130 Å². The van der Waals surface area contributed by atoms with E-state index in [1.807, 2.05) is 16.8 Å². The van der Waals surface area contributed by atoms with Crippen LogP contribution in [0.5, 0.6) is 0 Å². The second kappa shape index (κ2) is 5.37. The number of primary amides is 1. The van der Waals surface area contributed by atoms with Gasteiger partial charge in [0.2, 0.25) is 5.91 Å². The van der Waals surface area contributed by atoms with Gasteiger partial charge in [-0.3, -0.25) is 9.59 Å². The van der Waals surface area contributed by atoms with Gasteiger partial charge < -0.3 is 15.6 Å². The molecule has 1 saturated carbocycles. The van der Waals surface area contributed by atoms with Gasteiger partial charge in [0.25, 0.3) is 5.91 Å². The highest BCUT2D eigenvalue weighted by Crippen LogP contribution is 2.37. The summed E-state index contributed by atoms with van der Waals surface area (Å²) < 4.78 is 2.89. The number of carbonyl (C=O) groups is 2. The van der Waals surface area contributed by atoms with Gasteiger partial charge >= 0.3 is 0 Å². The summed E-state index contributed by atoms with van der Waals surface area (Å²) in [5, 5.41) is 2.83. The summed E-state index contributed by atoms with van der Waals surface area (Å²) in [6.07, 6.45) is 4.15. The number of nitrogens with two attached hydrogens (primary N) is 1. The van der Waals surface area contributed by atoms with Crippen LogP contribution in [0.4, 0.5) is 5.69 Å². The van der Waals surface area contributed by atoms with E-state index in [-0.39, 0.29) is 5.91 Å². The van der Waals surface area contributed by atoms with Crippen LogP contribution in [0, 0.1) is 0 Å². The summed E-state index contributed by atoms with van der Waals surface area (Å²) in [6.45, 7) is 0. The van der Waals surface area contributed by atoms with Gasteiger partial charge in [-0.05, 0) is 59.1 Å². The van der Waals surface area contributed by atoms with Crippen molar-refractivity contribution in [3.05, 3.63) is 52.3 Å². The third-order valence-electron chi connectivity index (χ3n) is 3.42. The van der Waals surface area contributed by atoms with Gasteiger partial charge in [-0.1, -0.05) is 0 Å². The number of halogens is 1. The number of hydrogen-bond donors (Lipinski definition) is 2. The highest BCUT2D eigenvalue weighted by Gasteiger charge is 2.27. The molecule has 0 saturated heterocycles. The summed E-state index contributed by atoms with van der Waals surface area (Å²) in [7, 11) is 0. The van der Waals surface area contributed by atoms with E-state index >= 15 is 0 Å². The zero-order valence-electron chi connectivity index (χ0n) is 11.2. The first-order chi connectivity index (χ1) is 10.0. The molecule has 3 rings (SSSR count). The molecule has 1 aromatic heterocycles. The minimum Gasteiger partial charge on any atom is -0.366 e. The molecule has 3 N–H and O–H groups in total. The fourth-order valence-electron chi connectivity index (χ4n) is 2.20. The highest BCUT2D eigenvalue weighted by molar-refractivity contribution is 9.10. The normalized spacial score (nSPS) is 14.0.